The Balaban J connectivity index is 1.38. The van der Waals surface area contributed by atoms with Gasteiger partial charge in [0, 0.05) is 49.2 Å². The van der Waals surface area contributed by atoms with Crippen LogP contribution in [0.5, 0.6) is 11.5 Å². The molecule has 2 amide bonds. The van der Waals surface area contributed by atoms with E-state index in [1.807, 2.05) is 31.2 Å². The molecule has 2 saturated heterocycles. The summed E-state index contributed by atoms with van der Waals surface area (Å²) in [5, 5.41) is 11.3. The third kappa shape index (κ3) is 4.10. The van der Waals surface area contributed by atoms with Crippen LogP contribution in [0.25, 0.3) is 10.9 Å². The Hall–Kier alpha value is -3.56. The van der Waals surface area contributed by atoms with Crippen molar-refractivity contribution in [3.05, 3.63) is 59.3 Å². The SMILES string of the molecule is COc1ccc2[nH]c3c(c2c1)CC1(C)C(=O)N(CCCN2CCOCC2)CC(=O)N1C3c1cccc(O)c1. The lowest BCUT2D eigenvalue weighted by Gasteiger charge is -2.53. The van der Waals surface area contributed by atoms with Crippen LogP contribution in [0.15, 0.2) is 42.5 Å². The highest BCUT2D eigenvalue weighted by molar-refractivity contribution is 6.00. The number of phenols is 1. The second kappa shape index (κ2) is 9.63. The molecule has 0 bridgehead atoms. The number of morpholine rings is 1. The maximum Gasteiger partial charge on any atom is 0.249 e. The van der Waals surface area contributed by atoms with Crippen LogP contribution >= 0.6 is 0 Å². The largest absolute Gasteiger partial charge is 0.508 e. The van der Waals surface area contributed by atoms with E-state index in [4.69, 9.17) is 9.47 Å². The number of carbonyl (C=O) groups excluding carboxylic acids is 2. The summed E-state index contributed by atoms with van der Waals surface area (Å²) in [6, 6.07) is 12.3. The molecule has 2 N–H and O–H groups in total. The molecule has 3 aliphatic heterocycles. The van der Waals surface area contributed by atoms with E-state index in [9.17, 15) is 14.7 Å². The van der Waals surface area contributed by atoms with Gasteiger partial charge in [-0.1, -0.05) is 12.1 Å². The Bertz CT molecular complexity index is 1380. The lowest BCUT2D eigenvalue weighted by molar-refractivity contribution is -0.167. The highest BCUT2D eigenvalue weighted by Gasteiger charge is 2.55. The lowest BCUT2D eigenvalue weighted by atomic mass is 9.78. The fraction of sp³-hybridized carbons (Fsp3) is 0.448. The van der Waals surface area contributed by atoms with Crippen LogP contribution < -0.4 is 4.74 Å². The highest BCUT2D eigenvalue weighted by atomic mass is 16.5. The quantitative estimate of drug-likeness (QED) is 0.521. The Morgan fingerprint density at radius 1 is 1.13 bits per heavy atom. The van der Waals surface area contributed by atoms with Gasteiger partial charge in [0.25, 0.3) is 0 Å². The second-order valence-electron chi connectivity index (χ2n) is 10.7. The number of aromatic amines is 1. The molecule has 200 valence electrons. The number of carbonyl (C=O) groups is 2. The predicted octanol–water partition coefficient (Wildman–Crippen LogP) is 2.68. The number of hydrogen-bond donors (Lipinski definition) is 2. The summed E-state index contributed by atoms with van der Waals surface area (Å²) in [5.74, 6) is 0.729. The van der Waals surface area contributed by atoms with Gasteiger partial charge in [0.05, 0.1) is 32.9 Å². The van der Waals surface area contributed by atoms with E-state index in [0.29, 0.717) is 13.0 Å². The third-order valence-corrected chi connectivity index (χ3v) is 8.27. The average molecular weight is 519 g/mol. The number of nitrogens with one attached hydrogen (secondary N) is 1. The number of fused-ring (bicyclic) bond motifs is 4. The van der Waals surface area contributed by atoms with Crippen molar-refractivity contribution in [1.29, 1.82) is 0 Å². The summed E-state index contributed by atoms with van der Waals surface area (Å²) in [7, 11) is 1.64. The number of nitrogens with zero attached hydrogens (tertiary/aromatic N) is 3. The molecule has 2 atom stereocenters. The minimum Gasteiger partial charge on any atom is -0.508 e. The first-order valence-electron chi connectivity index (χ1n) is 13.3. The van der Waals surface area contributed by atoms with E-state index in [1.165, 1.54) is 0 Å². The molecule has 0 aliphatic carbocycles. The normalized spacial score (nSPS) is 24.0. The van der Waals surface area contributed by atoms with Crippen molar-refractivity contribution in [3.8, 4) is 11.5 Å². The molecule has 4 heterocycles. The van der Waals surface area contributed by atoms with Gasteiger partial charge in [0.15, 0.2) is 0 Å². The average Bonchev–Trinajstić information content (AvgIpc) is 3.28. The number of phenolic OH excluding ortho intramolecular Hbond substituents is 1. The number of aromatic nitrogens is 1. The number of benzene rings is 2. The molecule has 0 radical (unpaired) electrons. The molecule has 3 aliphatic rings. The molecule has 0 spiro atoms. The second-order valence-corrected chi connectivity index (χ2v) is 10.7. The maximum absolute atomic E-state index is 14.2. The lowest BCUT2D eigenvalue weighted by Crippen LogP contribution is -2.70. The van der Waals surface area contributed by atoms with Crippen LogP contribution in [0, 0.1) is 0 Å². The molecule has 1 aromatic heterocycles. The van der Waals surface area contributed by atoms with Gasteiger partial charge in [-0.25, -0.2) is 0 Å². The van der Waals surface area contributed by atoms with Crippen LogP contribution in [0.1, 0.15) is 36.2 Å². The number of aromatic hydroxyl groups is 1. The predicted molar refractivity (Wildman–Crippen MR) is 142 cm³/mol. The molecule has 2 fully saturated rings. The van der Waals surface area contributed by atoms with E-state index >= 15 is 0 Å². The fourth-order valence-corrected chi connectivity index (χ4v) is 6.39. The van der Waals surface area contributed by atoms with Gasteiger partial charge in [0.2, 0.25) is 11.8 Å². The van der Waals surface area contributed by atoms with E-state index in [1.54, 1.807) is 35.1 Å². The van der Waals surface area contributed by atoms with Crippen molar-refractivity contribution in [2.75, 3.05) is 53.0 Å². The van der Waals surface area contributed by atoms with Gasteiger partial charge in [-0.05, 0) is 54.8 Å². The topological polar surface area (TPSA) is 98.3 Å². The van der Waals surface area contributed by atoms with Crippen molar-refractivity contribution in [3.63, 3.8) is 0 Å². The Morgan fingerprint density at radius 2 is 1.95 bits per heavy atom. The summed E-state index contributed by atoms with van der Waals surface area (Å²) in [6.45, 7) is 6.63. The van der Waals surface area contributed by atoms with Gasteiger partial charge in [-0.15, -0.1) is 0 Å². The van der Waals surface area contributed by atoms with Crippen LogP contribution in [0.4, 0.5) is 0 Å². The van der Waals surface area contributed by atoms with Crippen molar-refractivity contribution in [2.45, 2.75) is 31.3 Å². The first-order valence-corrected chi connectivity index (χ1v) is 13.3. The molecule has 9 heteroatoms. The maximum atomic E-state index is 14.2. The van der Waals surface area contributed by atoms with Crippen molar-refractivity contribution >= 4 is 22.7 Å². The minimum atomic E-state index is -1.06. The van der Waals surface area contributed by atoms with E-state index in [0.717, 1.165) is 72.7 Å². The van der Waals surface area contributed by atoms with Crippen LogP contribution in [0.3, 0.4) is 0 Å². The minimum absolute atomic E-state index is 0.0351. The Kier molecular flexibility index (Phi) is 6.28. The van der Waals surface area contributed by atoms with Crippen molar-refractivity contribution in [2.24, 2.45) is 0 Å². The zero-order chi connectivity index (χ0) is 26.4. The van der Waals surface area contributed by atoms with E-state index in [2.05, 4.69) is 9.88 Å². The first kappa shape index (κ1) is 24.8. The number of rotatable bonds is 6. The Morgan fingerprint density at radius 3 is 2.71 bits per heavy atom. The van der Waals surface area contributed by atoms with Gasteiger partial charge >= 0.3 is 0 Å². The number of H-pyrrole nitrogens is 1. The monoisotopic (exact) mass is 518 g/mol. The van der Waals surface area contributed by atoms with Crippen LogP contribution in [-0.4, -0.2) is 95.2 Å². The van der Waals surface area contributed by atoms with Crippen molar-refractivity contribution in [1.82, 2.24) is 19.7 Å². The molecule has 2 unspecified atom stereocenters. The van der Waals surface area contributed by atoms with Gasteiger partial charge in [-0.2, -0.15) is 0 Å². The van der Waals surface area contributed by atoms with E-state index < -0.39 is 11.6 Å². The van der Waals surface area contributed by atoms with Crippen LogP contribution in [-0.2, 0) is 20.7 Å². The molecule has 6 rings (SSSR count). The zero-order valence-corrected chi connectivity index (χ0v) is 21.9. The number of ether oxygens (including phenoxy) is 2. The summed E-state index contributed by atoms with van der Waals surface area (Å²) in [6.07, 6.45) is 1.20. The number of methoxy groups -OCH3 is 1. The van der Waals surface area contributed by atoms with Crippen LogP contribution in [0.2, 0.25) is 0 Å². The Labute approximate surface area is 221 Å². The summed E-state index contributed by atoms with van der Waals surface area (Å²) in [5.41, 5.74) is 2.50. The number of amides is 2. The number of piperazine rings is 1. The molecule has 0 saturated carbocycles. The van der Waals surface area contributed by atoms with Gasteiger partial charge in [-0.3, -0.25) is 14.5 Å². The molecule has 3 aromatic rings. The van der Waals surface area contributed by atoms with Gasteiger partial charge in [0.1, 0.15) is 17.0 Å². The van der Waals surface area contributed by atoms with Crippen molar-refractivity contribution < 1.29 is 24.2 Å². The number of hydrogen-bond acceptors (Lipinski definition) is 6. The molecule has 9 nitrogen and oxygen atoms in total. The first-order chi connectivity index (χ1) is 18.4. The molecule has 2 aromatic carbocycles. The summed E-state index contributed by atoms with van der Waals surface area (Å²) >= 11 is 0. The zero-order valence-electron chi connectivity index (χ0n) is 21.9. The molecular weight excluding hydrogens is 484 g/mol. The third-order valence-electron chi connectivity index (χ3n) is 8.27. The van der Waals surface area contributed by atoms with Gasteiger partial charge < -0.3 is 29.4 Å². The summed E-state index contributed by atoms with van der Waals surface area (Å²) < 4.78 is 10.9. The molecular formula is C29H34N4O5. The standard InChI is InChI=1S/C29H34N4O5/c1-29-17-23-22-16-21(37-2)7-8-24(22)30-26(23)27(19-5-3-6-20(34)15-19)33(29)25(35)18-32(28(29)36)10-4-9-31-11-13-38-14-12-31/h3,5-8,15-16,27,30,34H,4,9-14,17-18H2,1-2H3. The smallest absolute Gasteiger partial charge is 0.249 e. The summed E-state index contributed by atoms with van der Waals surface area (Å²) in [4.78, 5) is 37.4. The highest BCUT2D eigenvalue weighted by Crippen LogP contribution is 2.47. The molecule has 38 heavy (non-hydrogen) atoms. The van der Waals surface area contributed by atoms with E-state index in [-0.39, 0.29) is 24.1 Å². The fourth-order valence-electron chi connectivity index (χ4n) is 6.39.